The van der Waals surface area contributed by atoms with Crippen molar-refractivity contribution in [1.82, 2.24) is 15.2 Å². The van der Waals surface area contributed by atoms with Crippen LogP contribution in [0.3, 0.4) is 0 Å². The number of halogens is 2. The molecule has 0 saturated heterocycles. The van der Waals surface area contributed by atoms with Gasteiger partial charge in [0.05, 0.1) is 19.8 Å². The average molecular weight is 486 g/mol. The third kappa shape index (κ3) is 5.01. The van der Waals surface area contributed by atoms with Crippen molar-refractivity contribution in [2.24, 2.45) is 0 Å². The van der Waals surface area contributed by atoms with Gasteiger partial charge in [-0.15, -0.1) is 0 Å². The molecule has 6 nitrogen and oxygen atoms in total. The number of hydrogen-bond acceptors (Lipinski definition) is 5. The Kier molecular flexibility index (Phi) is 6.95. The Hall–Kier alpha value is -2.68. The van der Waals surface area contributed by atoms with Gasteiger partial charge in [0.2, 0.25) is 0 Å². The van der Waals surface area contributed by atoms with Crippen molar-refractivity contribution in [3.05, 3.63) is 59.3 Å². The summed E-state index contributed by atoms with van der Waals surface area (Å²) in [5, 5.41) is 15.5. The van der Waals surface area contributed by atoms with Crippen molar-refractivity contribution < 1.29 is 23.4 Å². The molecule has 0 radical (unpaired) electrons. The molecule has 8 heteroatoms. The van der Waals surface area contributed by atoms with Crippen LogP contribution < -0.4 is 14.8 Å². The zero-order valence-corrected chi connectivity index (χ0v) is 20.0. The maximum atomic E-state index is 15.0. The van der Waals surface area contributed by atoms with Gasteiger partial charge in [0.25, 0.3) is 0 Å². The number of benzene rings is 2. The maximum Gasteiger partial charge on any atom is 0.124 e. The number of para-hydroxylation sites is 1. The summed E-state index contributed by atoms with van der Waals surface area (Å²) in [5.41, 5.74) is 2.53. The van der Waals surface area contributed by atoms with Crippen LogP contribution in [-0.4, -0.2) is 66.9 Å². The highest BCUT2D eigenvalue weighted by atomic mass is 19.1. The summed E-state index contributed by atoms with van der Waals surface area (Å²) in [5.74, 6) is 1.31. The molecule has 35 heavy (non-hydrogen) atoms. The van der Waals surface area contributed by atoms with Crippen LogP contribution in [0, 0.1) is 0 Å². The number of nitrogens with one attached hydrogen (secondary N) is 2. The van der Waals surface area contributed by atoms with Gasteiger partial charge in [-0.2, -0.15) is 0 Å². The molecule has 3 N–H and O–H groups in total. The molecule has 3 aromatic rings. The standard InChI is InChI=1S/C27H33F2N3O3/c1-34-23-8-7-18(35-14-13-30-12-4-11-28)15-21(23)26-25-20(19-5-2-3-6-22(19)31-25)16-24(33)32(26)17-27(29)9-10-27/h2-3,5-8,15,24,26,30-31,33H,4,9-14,16-17H2,1H3/t24-,26-/m1/s1. The highest BCUT2D eigenvalue weighted by Gasteiger charge is 2.49. The van der Waals surface area contributed by atoms with Gasteiger partial charge in [-0.05, 0) is 55.6 Å². The monoisotopic (exact) mass is 485 g/mol. The van der Waals surface area contributed by atoms with Crippen molar-refractivity contribution in [2.75, 3.05) is 40.0 Å². The van der Waals surface area contributed by atoms with Crippen LogP contribution in [0.5, 0.6) is 11.5 Å². The van der Waals surface area contributed by atoms with Crippen molar-refractivity contribution in [2.45, 2.75) is 43.6 Å². The fraction of sp³-hybridized carbons (Fsp3) is 0.481. The van der Waals surface area contributed by atoms with E-state index in [1.54, 1.807) is 7.11 Å². The molecular weight excluding hydrogens is 452 g/mol. The molecule has 0 spiro atoms. The molecule has 2 heterocycles. The lowest BCUT2D eigenvalue weighted by atomic mass is 9.90. The topological polar surface area (TPSA) is 69.8 Å². The first-order valence-electron chi connectivity index (χ1n) is 12.3. The quantitative estimate of drug-likeness (QED) is 0.354. The molecule has 0 amide bonds. The summed E-state index contributed by atoms with van der Waals surface area (Å²) in [4.78, 5) is 5.40. The Morgan fingerprint density at radius 1 is 1.20 bits per heavy atom. The van der Waals surface area contributed by atoms with Crippen molar-refractivity contribution in [3.8, 4) is 11.5 Å². The predicted octanol–water partition coefficient (Wildman–Crippen LogP) is 4.27. The van der Waals surface area contributed by atoms with Crippen LogP contribution in [0.1, 0.15) is 42.1 Å². The largest absolute Gasteiger partial charge is 0.496 e. The first-order valence-corrected chi connectivity index (χ1v) is 12.3. The van der Waals surface area contributed by atoms with E-state index in [0.717, 1.165) is 27.7 Å². The number of aliphatic hydroxyl groups is 1. The van der Waals surface area contributed by atoms with Gasteiger partial charge >= 0.3 is 0 Å². The first kappa shape index (κ1) is 24.0. The minimum Gasteiger partial charge on any atom is -0.496 e. The second-order valence-corrected chi connectivity index (χ2v) is 9.52. The predicted molar refractivity (Wildman–Crippen MR) is 132 cm³/mol. The molecule has 1 aliphatic heterocycles. The number of nitrogens with zero attached hydrogens (tertiary/aromatic N) is 1. The lowest BCUT2D eigenvalue weighted by molar-refractivity contribution is -0.0421. The Labute approximate surface area is 204 Å². The lowest BCUT2D eigenvalue weighted by Crippen LogP contribution is -2.47. The number of aromatic nitrogens is 1. The molecule has 2 atom stereocenters. The van der Waals surface area contributed by atoms with Gasteiger partial charge in [-0.25, -0.2) is 4.39 Å². The van der Waals surface area contributed by atoms with Gasteiger partial charge in [0.15, 0.2) is 0 Å². The van der Waals surface area contributed by atoms with Crippen LogP contribution in [0.2, 0.25) is 0 Å². The molecular formula is C27H33F2N3O3. The van der Waals surface area contributed by atoms with E-state index in [2.05, 4.69) is 10.3 Å². The van der Waals surface area contributed by atoms with E-state index in [-0.39, 0.29) is 13.2 Å². The normalized spacial score (nSPS) is 21.1. The van der Waals surface area contributed by atoms with E-state index < -0.39 is 17.9 Å². The zero-order valence-electron chi connectivity index (χ0n) is 20.0. The summed E-state index contributed by atoms with van der Waals surface area (Å²) in [6, 6.07) is 13.2. The highest BCUT2D eigenvalue weighted by Crippen LogP contribution is 2.48. The second-order valence-electron chi connectivity index (χ2n) is 9.52. The Morgan fingerprint density at radius 3 is 2.80 bits per heavy atom. The number of H-pyrrole nitrogens is 1. The number of aromatic amines is 1. The SMILES string of the molecule is COc1ccc(OCCNCCCF)cc1[C@@H]1c2[nH]c3ccccc3c2C[C@@H](O)N1CC1(F)CC1. The van der Waals surface area contributed by atoms with Gasteiger partial charge in [0.1, 0.15) is 30.0 Å². The van der Waals surface area contributed by atoms with Gasteiger partial charge in [-0.3, -0.25) is 9.29 Å². The number of hydrogen-bond donors (Lipinski definition) is 3. The summed E-state index contributed by atoms with van der Waals surface area (Å²) < 4.78 is 39.0. The van der Waals surface area contributed by atoms with E-state index in [9.17, 15) is 9.50 Å². The summed E-state index contributed by atoms with van der Waals surface area (Å²) in [6.07, 6.45) is 1.11. The molecule has 188 valence electrons. The Morgan fingerprint density at radius 2 is 2.03 bits per heavy atom. The number of alkyl halides is 2. The summed E-state index contributed by atoms with van der Waals surface area (Å²) >= 11 is 0. The van der Waals surface area contributed by atoms with E-state index in [4.69, 9.17) is 9.47 Å². The Balaban J connectivity index is 1.50. The number of fused-ring (bicyclic) bond motifs is 3. The van der Waals surface area contributed by atoms with Crippen LogP contribution in [-0.2, 0) is 6.42 Å². The van der Waals surface area contributed by atoms with Crippen molar-refractivity contribution >= 4 is 10.9 Å². The summed E-state index contributed by atoms with van der Waals surface area (Å²) in [6.45, 7) is 1.46. The van der Waals surface area contributed by atoms with Crippen molar-refractivity contribution in [3.63, 3.8) is 0 Å². The van der Waals surface area contributed by atoms with Gasteiger partial charge in [-0.1, -0.05) is 18.2 Å². The third-order valence-electron chi connectivity index (χ3n) is 7.01. The van der Waals surface area contributed by atoms with E-state index in [1.807, 2.05) is 47.4 Å². The van der Waals surface area contributed by atoms with E-state index >= 15 is 4.39 Å². The second kappa shape index (κ2) is 10.1. The van der Waals surface area contributed by atoms with E-state index in [0.29, 0.717) is 56.9 Å². The third-order valence-corrected chi connectivity index (χ3v) is 7.01. The highest BCUT2D eigenvalue weighted by molar-refractivity contribution is 5.85. The maximum absolute atomic E-state index is 15.0. The molecule has 1 fully saturated rings. The minimum atomic E-state index is -1.27. The smallest absolute Gasteiger partial charge is 0.124 e. The molecule has 1 saturated carbocycles. The molecule has 1 aliphatic carbocycles. The molecule has 2 aromatic carbocycles. The molecule has 0 bridgehead atoms. The van der Waals surface area contributed by atoms with Crippen LogP contribution >= 0.6 is 0 Å². The minimum absolute atomic E-state index is 0.153. The van der Waals surface area contributed by atoms with Crippen LogP contribution in [0.25, 0.3) is 10.9 Å². The molecule has 0 unspecified atom stereocenters. The van der Waals surface area contributed by atoms with Gasteiger partial charge < -0.3 is 24.9 Å². The fourth-order valence-electron chi connectivity index (χ4n) is 5.04. The molecule has 1 aromatic heterocycles. The first-order chi connectivity index (χ1) is 17.0. The number of ether oxygens (including phenoxy) is 2. The van der Waals surface area contributed by atoms with E-state index in [1.165, 1.54) is 0 Å². The molecule has 5 rings (SSSR count). The van der Waals surface area contributed by atoms with Crippen LogP contribution in [0.4, 0.5) is 8.78 Å². The number of rotatable bonds is 11. The number of methoxy groups -OCH3 is 1. The van der Waals surface area contributed by atoms with Crippen molar-refractivity contribution in [1.29, 1.82) is 0 Å². The molecule has 2 aliphatic rings. The Bertz CT molecular complexity index is 1160. The lowest BCUT2D eigenvalue weighted by Gasteiger charge is -2.41. The summed E-state index contributed by atoms with van der Waals surface area (Å²) in [7, 11) is 1.61. The van der Waals surface area contributed by atoms with Gasteiger partial charge in [0, 0.05) is 41.7 Å². The van der Waals surface area contributed by atoms with Crippen LogP contribution in [0.15, 0.2) is 42.5 Å². The average Bonchev–Trinajstić information content (AvgIpc) is 3.48. The number of aliphatic hydroxyl groups excluding tert-OH is 1. The fourth-order valence-corrected chi connectivity index (χ4v) is 5.04. The zero-order chi connectivity index (χ0) is 24.4.